The number of rotatable bonds is 0. The second kappa shape index (κ2) is 36.4. The van der Waals surface area contributed by atoms with Gasteiger partial charge < -0.3 is 56.2 Å². The van der Waals surface area contributed by atoms with Crippen LogP contribution in [0.15, 0.2) is 0 Å². The zero-order chi connectivity index (χ0) is 14.3. The van der Waals surface area contributed by atoms with Crippen molar-refractivity contribution in [1.29, 1.82) is 0 Å². The van der Waals surface area contributed by atoms with E-state index < -0.39 is 36.7 Å². The predicted molar refractivity (Wildman–Crippen MR) is 43.0 cm³/mol. The van der Waals surface area contributed by atoms with Gasteiger partial charge in [-0.25, -0.2) is 0 Å². The van der Waals surface area contributed by atoms with Crippen LogP contribution in [0.4, 0.5) is 0 Å². The summed E-state index contributed by atoms with van der Waals surface area (Å²) in [6.07, 6.45) is 0. The molecule has 0 rings (SSSR count). The summed E-state index contributed by atoms with van der Waals surface area (Å²) < 4.78 is 34.1. The Hall–Kier alpha value is 0.792. The first-order valence-electron chi connectivity index (χ1n) is 2.45. The van der Waals surface area contributed by atoms with Crippen LogP contribution in [0.25, 0.3) is 0 Å². The van der Waals surface area contributed by atoms with Crippen molar-refractivity contribution in [2.45, 2.75) is 0 Å². The van der Waals surface area contributed by atoms with E-state index >= 15 is 0 Å². The van der Waals surface area contributed by atoms with Crippen molar-refractivity contribution >= 4 is 109 Å². The molecule has 0 bridgehead atoms. The molecular weight excluding hydrogens is 398 g/mol. The Morgan fingerprint density at radius 1 is 0.421 bits per heavy atom. The van der Waals surface area contributed by atoms with Crippen LogP contribution in [0, 0.1) is 0 Å². The summed E-state index contributed by atoms with van der Waals surface area (Å²) in [5.41, 5.74) is 0. The van der Waals surface area contributed by atoms with Gasteiger partial charge in [-0.15, -0.1) is 0 Å². The van der Waals surface area contributed by atoms with Gasteiger partial charge in [-0.3, -0.25) is 0 Å². The molecule has 12 nitrogen and oxygen atoms in total. The first-order chi connectivity index (χ1) is 6.93. The van der Waals surface area contributed by atoms with Crippen LogP contribution >= 0.6 is 0 Å². The molecule has 0 fully saturated rings. The Morgan fingerprint density at radius 3 is 0.421 bits per heavy atom. The molecule has 0 aliphatic carbocycles. The van der Waals surface area contributed by atoms with Gasteiger partial charge in [0.15, 0.2) is 0 Å². The molecule has 0 aliphatic heterocycles. The van der Waals surface area contributed by atoms with Crippen molar-refractivity contribution in [1.82, 2.24) is 0 Å². The standard InChI is InChI=1S/2Al.Ca.4O3Si/c;;;4*1-4(2)3/q2*+3;+2;4*-2. The van der Waals surface area contributed by atoms with Crippen LogP contribution < -0.4 is 38.4 Å². The second-order valence-corrected chi connectivity index (χ2v) is 3.00. The van der Waals surface area contributed by atoms with Crippen molar-refractivity contribution in [2.24, 2.45) is 0 Å². The first-order valence-corrected chi connectivity index (χ1v) is 7.35. The zero-order valence-electron chi connectivity index (χ0n) is 8.76. The van der Waals surface area contributed by atoms with E-state index in [2.05, 4.69) is 0 Å². The molecule has 0 aliphatic rings. The maximum atomic E-state index is 8.52. The maximum Gasteiger partial charge on any atom is 3.00 e. The fraction of sp³-hybridized carbons (Fsp3) is 0. The van der Waals surface area contributed by atoms with E-state index in [1.165, 1.54) is 0 Å². The molecule has 19 heteroatoms. The molecule has 0 radical (unpaired) electrons. The third kappa shape index (κ3) is 8440. The maximum absolute atomic E-state index is 8.52. The normalized spacial score (nSPS) is 5.05. The Morgan fingerprint density at radius 2 is 0.421 bits per heavy atom. The molecule has 0 heterocycles. The molecule has 0 aromatic heterocycles. The largest absolute Gasteiger partial charge is 3.00 e. The molecule has 0 saturated carbocycles. The van der Waals surface area contributed by atoms with Gasteiger partial charge in [0.05, 0.1) is 0 Å². The van der Waals surface area contributed by atoms with Gasteiger partial charge >= 0.3 is 72.5 Å². The number of hydrogen-bond acceptors (Lipinski definition) is 12. The quantitative estimate of drug-likeness (QED) is 0.344. The van der Waals surface area contributed by atoms with Crippen LogP contribution in [0.2, 0.25) is 0 Å². The summed E-state index contributed by atoms with van der Waals surface area (Å²) >= 11 is 0. The van der Waals surface area contributed by atoms with E-state index in [1.54, 1.807) is 0 Å². The minimum absolute atomic E-state index is 0. The molecular formula is Al2CaO12Si4. The third-order valence-electron chi connectivity index (χ3n) is 0. The van der Waals surface area contributed by atoms with E-state index in [0.717, 1.165) is 0 Å². The van der Waals surface area contributed by atoms with E-state index in [1.807, 2.05) is 0 Å². The van der Waals surface area contributed by atoms with Gasteiger partial charge in [0.1, 0.15) is 0 Å². The van der Waals surface area contributed by atoms with Gasteiger partial charge in [-0.1, -0.05) is 0 Å². The molecule has 96 valence electrons. The van der Waals surface area contributed by atoms with Crippen molar-refractivity contribution < 1.29 is 56.2 Å². The van der Waals surface area contributed by atoms with Gasteiger partial charge in [0.2, 0.25) is 0 Å². The molecule has 0 atom stereocenters. The van der Waals surface area contributed by atoms with E-state index in [4.69, 9.17) is 56.2 Å². The van der Waals surface area contributed by atoms with Crippen LogP contribution in [0.5, 0.6) is 0 Å². The Bertz CT molecular complexity index is 168. The summed E-state index contributed by atoms with van der Waals surface area (Å²) in [4.78, 5) is 68.1. The van der Waals surface area contributed by atoms with Crippen molar-refractivity contribution in [2.75, 3.05) is 0 Å². The number of hydrogen-bond donors (Lipinski definition) is 0. The molecule has 0 unspecified atom stereocenters. The minimum atomic E-state index is -3.63. The SMILES string of the molecule is O=[Si]([O-])[O-].O=[Si]([O-])[O-].O=[Si]([O-])[O-].O=[Si]([O-])[O-].[Al+3].[Al+3].[Ca+2]. The summed E-state index contributed by atoms with van der Waals surface area (Å²) in [5.74, 6) is 0. The average molecular weight is 398 g/mol. The topological polar surface area (TPSA) is 253 Å². The molecule has 0 N–H and O–H groups in total. The van der Waals surface area contributed by atoms with Crippen molar-refractivity contribution in [3.8, 4) is 0 Å². The summed E-state index contributed by atoms with van der Waals surface area (Å²) in [6, 6.07) is 0. The summed E-state index contributed by atoms with van der Waals surface area (Å²) in [7, 11) is -14.5. The second-order valence-electron chi connectivity index (χ2n) is 1.00. The van der Waals surface area contributed by atoms with E-state index in [-0.39, 0.29) is 72.5 Å². The molecule has 0 aromatic carbocycles. The predicted octanol–water partition coefficient (Wildman–Crippen LogP) is -12.7. The van der Waals surface area contributed by atoms with Gasteiger partial charge in [0.25, 0.3) is 0 Å². The molecule has 19 heavy (non-hydrogen) atoms. The fourth-order valence-corrected chi connectivity index (χ4v) is 0. The first kappa shape index (κ1) is 42.7. The zero-order valence-corrected chi connectivity index (χ0v) is 17.3. The van der Waals surface area contributed by atoms with E-state index in [0.29, 0.717) is 0 Å². The Balaban J connectivity index is -0.0000000192. The molecule has 0 saturated heterocycles. The fourth-order valence-electron chi connectivity index (χ4n) is 0. The van der Waals surface area contributed by atoms with Gasteiger partial charge in [-0.05, 0) is 0 Å². The van der Waals surface area contributed by atoms with Crippen molar-refractivity contribution in [3.05, 3.63) is 0 Å². The Labute approximate surface area is 163 Å². The monoisotopic (exact) mass is 398 g/mol. The third-order valence-corrected chi connectivity index (χ3v) is 0. The smallest absolute Gasteiger partial charge is 0.672 e. The van der Waals surface area contributed by atoms with Crippen LogP contribution in [-0.4, -0.2) is 109 Å². The Kier molecular flexibility index (Phi) is 81.7. The van der Waals surface area contributed by atoms with Crippen LogP contribution in [0.3, 0.4) is 0 Å². The summed E-state index contributed by atoms with van der Waals surface area (Å²) in [5, 5.41) is 0. The molecule has 0 spiro atoms. The average Bonchev–Trinajstić information content (AvgIpc) is 1.76. The van der Waals surface area contributed by atoms with Gasteiger partial charge in [0, 0.05) is 36.7 Å². The molecule has 0 amide bonds. The molecule has 0 aromatic rings. The van der Waals surface area contributed by atoms with Gasteiger partial charge in [-0.2, -0.15) is 0 Å². The van der Waals surface area contributed by atoms with Crippen LogP contribution in [-0.2, 0) is 17.8 Å². The summed E-state index contributed by atoms with van der Waals surface area (Å²) in [6.45, 7) is 0. The van der Waals surface area contributed by atoms with Crippen molar-refractivity contribution in [3.63, 3.8) is 0 Å². The van der Waals surface area contributed by atoms with Crippen LogP contribution in [0.1, 0.15) is 0 Å². The van der Waals surface area contributed by atoms with E-state index in [9.17, 15) is 0 Å². The minimum Gasteiger partial charge on any atom is -0.672 e.